The molecular formula is C27H32N4O. The van der Waals surface area contributed by atoms with Gasteiger partial charge in [-0.05, 0) is 57.2 Å². The summed E-state index contributed by atoms with van der Waals surface area (Å²) in [5.41, 5.74) is 4.51. The minimum Gasteiger partial charge on any atom is -0.355 e. The van der Waals surface area contributed by atoms with E-state index >= 15 is 0 Å². The number of carbonyl (C=O) groups excluding carboxylic acids is 1. The van der Waals surface area contributed by atoms with Gasteiger partial charge in [0.25, 0.3) is 0 Å². The molecule has 2 heterocycles. The molecule has 2 aromatic carbocycles. The van der Waals surface area contributed by atoms with Gasteiger partial charge in [-0.25, -0.2) is 0 Å². The van der Waals surface area contributed by atoms with Crippen LogP contribution in [0, 0.1) is 12.8 Å². The first kappa shape index (κ1) is 22.0. The van der Waals surface area contributed by atoms with Crippen molar-refractivity contribution >= 4 is 11.7 Å². The molecular weight excluding hydrogens is 396 g/mol. The molecule has 166 valence electrons. The van der Waals surface area contributed by atoms with Gasteiger partial charge in [0.2, 0.25) is 5.91 Å². The van der Waals surface area contributed by atoms with E-state index in [1.807, 2.05) is 18.2 Å². The zero-order chi connectivity index (χ0) is 22.3. The predicted molar refractivity (Wildman–Crippen MR) is 130 cm³/mol. The number of nitrogens with zero attached hydrogens (tertiary/aromatic N) is 3. The van der Waals surface area contributed by atoms with Crippen molar-refractivity contribution in [2.24, 2.45) is 5.92 Å². The van der Waals surface area contributed by atoms with E-state index in [9.17, 15) is 4.79 Å². The SMILES string of the molecule is Cc1ccc(-c2ccc(N3CCC(C(=O)N[C@H](C)CCc4ccccc4)CC3)nn2)cc1. The first-order valence-corrected chi connectivity index (χ1v) is 11.6. The number of hydrogen-bond donors (Lipinski definition) is 1. The zero-order valence-electron chi connectivity index (χ0n) is 19.0. The number of hydrogen-bond acceptors (Lipinski definition) is 4. The second kappa shape index (κ2) is 10.4. The maximum absolute atomic E-state index is 12.7. The number of benzene rings is 2. The van der Waals surface area contributed by atoms with Crippen molar-refractivity contribution in [2.45, 2.75) is 45.6 Å². The summed E-state index contributed by atoms with van der Waals surface area (Å²) in [5, 5.41) is 12.1. The van der Waals surface area contributed by atoms with Gasteiger partial charge in [0.05, 0.1) is 5.69 Å². The van der Waals surface area contributed by atoms with E-state index in [2.05, 4.69) is 82.8 Å². The summed E-state index contributed by atoms with van der Waals surface area (Å²) in [7, 11) is 0. The fourth-order valence-corrected chi connectivity index (χ4v) is 4.20. The summed E-state index contributed by atoms with van der Waals surface area (Å²) in [6.45, 7) is 5.83. The molecule has 1 aliphatic rings. The molecule has 1 atom stereocenters. The van der Waals surface area contributed by atoms with Gasteiger partial charge in [-0.1, -0.05) is 60.2 Å². The number of nitrogens with one attached hydrogen (secondary N) is 1. The van der Waals surface area contributed by atoms with Crippen molar-refractivity contribution in [1.29, 1.82) is 0 Å². The van der Waals surface area contributed by atoms with E-state index in [-0.39, 0.29) is 17.9 Å². The van der Waals surface area contributed by atoms with Gasteiger partial charge in [0, 0.05) is 30.6 Å². The minimum absolute atomic E-state index is 0.0743. The fraction of sp³-hybridized carbons (Fsp3) is 0.370. The Morgan fingerprint density at radius 2 is 1.72 bits per heavy atom. The van der Waals surface area contributed by atoms with Crippen LogP contribution < -0.4 is 10.2 Å². The van der Waals surface area contributed by atoms with Crippen LogP contribution in [-0.2, 0) is 11.2 Å². The molecule has 0 radical (unpaired) electrons. The number of aromatic nitrogens is 2. The summed E-state index contributed by atoms with van der Waals surface area (Å²) < 4.78 is 0. The van der Waals surface area contributed by atoms with Crippen LogP contribution >= 0.6 is 0 Å². The second-order valence-electron chi connectivity index (χ2n) is 8.84. The summed E-state index contributed by atoms with van der Waals surface area (Å²) in [5.74, 6) is 1.15. The van der Waals surface area contributed by atoms with Gasteiger partial charge >= 0.3 is 0 Å². The van der Waals surface area contributed by atoms with Crippen LogP contribution in [0.1, 0.15) is 37.3 Å². The topological polar surface area (TPSA) is 58.1 Å². The molecule has 1 amide bonds. The summed E-state index contributed by atoms with van der Waals surface area (Å²) >= 11 is 0. The van der Waals surface area contributed by atoms with Gasteiger partial charge in [0.15, 0.2) is 5.82 Å². The number of piperidine rings is 1. The van der Waals surface area contributed by atoms with E-state index in [1.165, 1.54) is 11.1 Å². The van der Waals surface area contributed by atoms with Crippen LogP contribution in [-0.4, -0.2) is 35.2 Å². The molecule has 1 aliphatic heterocycles. The van der Waals surface area contributed by atoms with Crippen LogP contribution in [0.4, 0.5) is 5.82 Å². The lowest BCUT2D eigenvalue weighted by Gasteiger charge is -2.32. The van der Waals surface area contributed by atoms with Gasteiger partial charge in [-0.2, -0.15) is 0 Å². The second-order valence-corrected chi connectivity index (χ2v) is 8.84. The van der Waals surface area contributed by atoms with E-state index in [0.29, 0.717) is 0 Å². The minimum atomic E-state index is 0.0743. The molecule has 1 N–H and O–H groups in total. The Hall–Kier alpha value is -3.21. The van der Waals surface area contributed by atoms with Crippen LogP contribution in [0.2, 0.25) is 0 Å². The van der Waals surface area contributed by atoms with E-state index in [1.54, 1.807) is 0 Å². The molecule has 5 nitrogen and oxygen atoms in total. The van der Waals surface area contributed by atoms with Gasteiger partial charge < -0.3 is 10.2 Å². The van der Waals surface area contributed by atoms with E-state index < -0.39 is 0 Å². The van der Waals surface area contributed by atoms with Crippen molar-refractivity contribution in [2.75, 3.05) is 18.0 Å². The van der Waals surface area contributed by atoms with Crippen LogP contribution in [0.15, 0.2) is 66.7 Å². The Morgan fingerprint density at radius 1 is 1.00 bits per heavy atom. The Kier molecular flexibility index (Phi) is 7.15. The van der Waals surface area contributed by atoms with E-state index in [4.69, 9.17) is 0 Å². The van der Waals surface area contributed by atoms with Crippen molar-refractivity contribution < 1.29 is 4.79 Å². The molecule has 1 aromatic heterocycles. The van der Waals surface area contributed by atoms with Crippen molar-refractivity contribution in [3.05, 3.63) is 77.9 Å². The molecule has 1 saturated heterocycles. The Bertz CT molecular complexity index is 994. The summed E-state index contributed by atoms with van der Waals surface area (Å²) in [4.78, 5) is 15.0. The average molecular weight is 429 g/mol. The lowest BCUT2D eigenvalue weighted by Crippen LogP contribution is -2.43. The third-order valence-corrected chi connectivity index (χ3v) is 6.29. The highest BCUT2D eigenvalue weighted by Gasteiger charge is 2.26. The third-order valence-electron chi connectivity index (χ3n) is 6.29. The monoisotopic (exact) mass is 428 g/mol. The lowest BCUT2D eigenvalue weighted by atomic mass is 9.95. The fourth-order valence-electron chi connectivity index (χ4n) is 4.20. The molecule has 3 aromatic rings. The normalized spacial score (nSPS) is 15.4. The maximum Gasteiger partial charge on any atom is 0.223 e. The Labute approximate surface area is 190 Å². The standard InChI is InChI=1S/C27H32N4O/c1-20-8-12-23(13-9-20)25-14-15-26(30-29-25)31-18-16-24(17-19-31)27(32)28-21(2)10-11-22-6-4-3-5-7-22/h3-9,12-15,21,24H,10-11,16-19H2,1-2H3,(H,28,32)/t21-/m1/s1. The molecule has 32 heavy (non-hydrogen) atoms. The van der Waals surface area contributed by atoms with E-state index in [0.717, 1.165) is 55.8 Å². The van der Waals surface area contributed by atoms with Gasteiger partial charge in [-0.15, -0.1) is 10.2 Å². The number of anilines is 1. The molecule has 0 unspecified atom stereocenters. The first-order valence-electron chi connectivity index (χ1n) is 11.6. The average Bonchev–Trinajstić information content (AvgIpc) is 2.84. The van der Waals surface area contributed by atoms with Crippen LogP contribution in [0.5, 0.6) is 0 Å². The van der Waals surface area contributed by atoms with Crippen molar-refractivity contribution in [3.63, 3.8) is 0 Å². The number of rotatable bonds is 7. The molecule has 0 aliphatic carbocycles. The van der Waals surface area contributed by atoms with Crippen molar-refractivity contribution in [1.82, 2.24) is 15.5 Å². The third kappa shape index (κ3) is 5.72. The Balaban J connectivity index is 1.24. The highest BCUT2D eigenvalue weighted by molar-refractivity contribution is 5.79. The first-order chi connectivity index (χ1) is 15.6. The summed E-state index contributed by atoms with van der Waals surface area (Å²) in [6, 6.07) is 23.0. The van der Waals surface area contributed by atoms with Crippen LogP contribution in [0.3, 0.4) is 0 Å². The molecule has 0 saturated carbocycles. The summed E-state index contributed by atoms with van der Waals surface area (Å²) in [6.07, 6.45) is 3.63. The predicted octanol–water partition coefficient (Wildman–Crippen LogP) is 4.81. The van der Waals surface area contributed by atoms with Crippen LogP contribution in [0.25, 0.3) is 11.3 Å². The number of amides is 1. The molecule has 0 spiro atoms. The highest BCUT2D eigenvalue weighted by atomic mass is 16.1. The van der Waals surface area contributed by atoms with Crippen molar-refractivity contribution in [3.8, 4) is 11.3 Å². The maximum atomic E-state index is 12.7. The molecule has 0 bridgehead atoms. The Morgan fingerprint density at radius 3 is 2.38 bits per heavy atom. The number of carbonyl (C=O) groups is 1. The number of aryl methyl sites for hydroxylation is 2. The van der Waals surface area contributed by atoms with Gasteiger partial charge in [0.1, 0.15) is 0 Å². The lowest BCUT2D eigenvalue weighted by molar-refractivity contribution is -0.126. The quantitative estimate of drug-likeness (QED) is 0.587. The zero-order valence-corrected chi connectivity index (χ0v) is 19.0. The smallest absolute Gasteiger partial charge is 0.223 e. The molecule has 5 heteroatoms. The molecule has 1 fully saturated rings. The largest absolute Gasteiger partial charge is 0.355 e. The highest BCUT2D eigenvalue weighted by Crippen LogP contribution is 2.24. The molecule has 4 rings (SSSR count). The van der Waals surface area contributed by atoms with Gasteiger partial charge in [-0.3, -0.25) is 4.79 Å².